The van der Waals surface area contributed by atoms with Gasteiger partial charge in [-0.25, -0.2) is 0 Å². The highest BCUT2D eigenvalue weighted by atomic mass is 16.5. The number of pyridine rings is 1. The van der Waals surface area contributed by atoms with E-state index in [4.69, 9.17) is 9.26 Å². The average Bonchev–Trinajstić information content (AvgIpc) is 3.19. The highest BCUT2D eigenvalue weighted by Gasteiger charge is 2.24. The zero-order valence-electron chi connectivity index (χ0n) is 16.2. The Labute approximate surface area is 168 Å². The van der Waals surface area contributed by atoms with Crippen LogP contribution in [0.2, 0.25) is 0 Å². The van der Waals surface area contributed by atoms with Gasteiger partial charge in [0.25, 0.3) is 5.91 Å². The SMILES string of the molecule is Cc1cc(C(=O)NCC2CCC(Oc3ccnc4c(C#N)cccc34)CC2)no1. The van der Waals surface area contributed by atoms with Crippen LogP contribution < -0.4 is 10.1 Å². The van der Waals surface area contributed by atoms with Crippen molar-refractivity contribution in [1.29, 1.82) is 5.26 Å². The van der Waals surface area contributed by atoms with E-state index in [1.165, 1.54) is 0 Å². The summed E-state index contributed by atoms with van der Waals surface area (Å²) in [4.78, 5) is 16.4. The van der Waals surface area contributed by atoms with Crippen LogP contribution in [0.4, 0.5) is 0 Å². The van der Waals surface area contributed by atoms with E-state index in [9.17, 15) is 10.1 Å². The number of carbonyl (C=O) groups excluding carboxylic acids is 1. The molecular weight excluding hydrogens is 368 g/mol. The summed E-state index contributed by atoms with van der Waals surface area (Å²) in [6.07, 6.45) is 5.61. The molecule has 0 spiro atoms. The minimum Gasteiger partial charge on any atom is -0.490 e. The van der Waals surface area contributed by atoms with Crippen molar-refractivity contribution in [2.45, 2.75) is 38.7 Å². The fourth-order valence-corrected chi connectivity index (χ4v) is 3.78. The molecule has 1 fully saturated rings. The molecule has 148 valence electrons. The number of hydrogen-bond donors (Lipinski definition) is 1. The number of para-hydroxylation sites is 1. The summed E-state index contributed by atoms with van der Waals surface area (Å²) in [5, 5.41) is 16.8. The molecule has 0 saturated heterocycles. The first kappa shape index (κ1) is 18.9. The molecule has 0 aliphatic heterocycles. The Morgan fingerprint density at radius 3 is 2.86 bits per heavy atom. The van der Waals surface area contributed by atoms with Gasteiger partial charge >= 0.3 is 0 Å². The Morgan fingerprint density at radius 1 is 1.31 bits per heavy atom. The van der Waals surface area contributed by atoms with Crippen LogP contribution >= 0.6 is 0 Å². The molecule has 0 atom stereocenters. The van der Waals surface area contributed by atoms with Gasteiger partial charge in [-0.1, -0.05) is 11.2 Å². The number of nitriles is 1. The maximum atomic E-state index is 12.1. The molecule has 3 aromatic rings. The Bertz CT molecular complexity index is 1060. The van der Waals surface area contributed by atoms with E-state index < -0.39 is 0 Å². The quantitative estimate of drug-likeness (QED) is 0.712. The highest BCUT2D eigenvalue weighted by molar-refractivity contribution is 5.92. The largest absolute Gasteiger partial charge is 0.490 e. The fourth-order valence-electron chi connectivity index (χ4n) is 3.78. The number of benzene rings is 1. The number of hydrogen-bond acceptors (Lipinski definition) is 6. The van der Waals surface area contributed by atoms with Crippen LogP contribution in [0.1, 0.15) is 47.5 Å². The molecule has 4 rings (SSSR count). The monoisotopic (exact) mass is 390 g/mol. The number of ether oxygens (including phenoxy) is 1. The molecular formula is C22H22N4O3. The van der Waals surface area contributed by atoms with Crippen molar-refractivity contribution in [3.8, 4) is 11.8 Å². The van der Waals surface area contributed by atoms with Crippen LogP contribution in [0.15, 0.2) is 41.1 Å². The average molecular weight is 390 g/mol. The summed E-state index contributed by atoms with van der Waals surface area (Å²) in [7, 11) is 0. The third kappa shape index (κ3) is 4.21. The molecule has 0 radical (unpaired) electrons. The predicted octanol–water partition coefficient (Wildman–Crippen LogP) is 3.77. The smallest absolute Gasteiger partial charge is 0.273 e. The van der Waals surface area contributed by atoms with Crippen molar-refractivity contribution in [3.05, 3.63) is 53.5 Å². The first-order valence-electron chi connectivity index (χ1n) is 9.80. The van der Waals surface area contributed by atoms with E-state index in [-0.39, 0.29) is 12.0 Å². The zero-order valence-corrected chi connectivity index (χ0v) is 16.2. The third-order valence-corrected chi connectivity index (χ3v) is 5.35. The van der Waals surface area contributed by atoms with Crippen molar-refractivity contribution in [3.63, 3.8) is 0 Å². The molecule has 1 aliphatic carbocycles. The standard InChI is InChI=1S/C22H22N4O3/c1-14-11-19(26-29-14)22(27)25-13-15-5-7-17(8-6-15)28-20-9-10-24-21-16(12-23)3-2-4-18(20)21/h2-4,9-11,15,17H,5-8,13H2,1H3,(H,25,27). The van der Waals surface area contributed by atoms with E-state index in [0.29, 0.717) is 35.0 Å². The second-order valence-electron chi connectivity index (χ2n) is 7.42. The predicted molar refractivity (Wildman–Crippen MR) is 106 cm³/mol. The molecule has 7 nitrogen and oxygen atoms in total. The highest BCUT2D eigenvalue weighted by Crippen LogP contribution is 2.31. The van der Waals surface area contributed by atoms with E-state index in [1.54, 1.807) is 25.3 Å². The second kappa shape index (κ2) is 8.31. The molecule has 1 aliphatic rings. The van der Waals surface area contributed by atoms with Gasteiger partial charge in [0.05, 0.1) is 17.2 Å². The molecule has 1 N–H and O–H groups in total. The van der Waals surface area contributed by atoms with Gasteiger partial charge in [0.15, 0.2) is 5.69 Å². The topological polar surface area (TPSA) is 101 Å². The van der Waals surface area contributed by atoms with E-state index in [2.05, 4.69) is 21.5 Å². The summed E-state index contributed by atoms with van der Waals surface area (Å²) < 4.78 is 11.2. The molecule has 2 aromatic heterocycles. The molecule has 0 bridgehead atoms. The summed E-state index contributed by atoms with van der Waals surface area (Å²) >= 11 is 0. The zero-order chi connectivity index (χ0) is 20.2. The van der Waals surface area contributed by atoms with Crippen molar-refractivity contribution in [1.82, 2.24) is 15.5 Å². The van der Waals surface area contributed by atoms with Gasteiger partial charge in [-0.3, -0.25) is 9.78 Å². The maximum Gasteiger partial charge on any atom is 0.273 e. The van der Waals surface area contributed by atoms with Crippen molar-refractivity contribution in [2.75, 3.05) is 6.54 Å². The molecule has 1 amide bonds. The third-order valence-electron chi connectivity index (χ3n) is 5.35. The Kier molecular flexibility index (Phi) is 5.43. The van der Waals surface area contributed by atoms with Crippen LogP contribution in [0.5, 0.6) is 5.75 Å². The lowest BCUT2D eigenvalue weighted by atomic mass is 9.87. The number of amides is 1. The number of carbonyl (C=O) groups is 1. The first-order valence-corrected chi connectivity index (χ1v) is 9.80. The van der Waals surface area contributed by atoms with Gasteiger partial charge in [0.1, 0.15) is 17.6 Å². The van der Waals surface area contributed by atoms with Crippen LogP contribution in [0, 0.1) is 24.2 Å². The van der Waals surface area contributed by atoms with Crippen LogP contribution in [-0.2, 0) is 0 Å². The Hall–Kier alpha value is -3.40. The first-order chi connectivity index (χ1) is 14.1. The number of aromatic nitrogens is 2. The number of fused-ring (bicyclic) bond motifs is 1. The van der Waals surface area contributed by atoms with E-state index in [0.717, 1.165) is 36.8 Å². The van der Waals surface area contributed by atoms with Gasteiger partial charge in [0.2, 0.25) is 0 Å². The maximum absolute atomic E-state index is 12.1. The molecule has 1 aromatic carbocycles. The van der Waals surface area contributed by atoms with Gasteiger partial charge < -0.3 is 14.6 Å². The number of nitrogens with one attached hydrogen (secondary N) is 1. The van der Waals surface area contributed by atoms with E-state index >= 15 is 0 Å². The molecule has 1 saturated carbocycles. The van der Waals surface area contributed by atoms with Gasteiger partial charge in [-0.05, 0) is 56.7 Å². The molecule has 2 heterocycles. The minimum absolute atomic E-state index is 0.122. The summed E-state index contributed by atoms with van der Waals surface area (Å²) in [5.74, 6) is 1.62. The lowest BCUT2D eigenvalue weighted by Gasteiger charge is -2.29. The van der Waals surface area contributed by atoms with E-state index in [1.807, 2.05) is 18.2 Å². The Morgan fingerprint density at radius 2 is 2.14 bits per heavy atom. The number of nitrogens with zero attached hydrogens (tertiary/aromatic N) is 3. The second-order valence-corrected chi connectivity index (χ2v) is 7.42. The summed E-state index contributed by atoms with van der Waals surface area (Å²) in [6, 6.07) is 11.2. The van der Waals surface area contributed by atoms with Crippen molar-refractivity contribution in [2.24, 2.45) is 5.92 Å². The summed E-state index contributed by atoms with van der Waals surface area (Å²) in [6.45, 7) is 2.39. The van der Waals surface area contributed by atoms with Crippen LogP contribution in [-0.4, -0.2) is 28.7 Å². The van der Waals surface area contributed by atoms with Crippen LogP contribution in [0.3, 0.4) is 0 Å². The van der Waals surface area contributed by atoms with Crippen LogP contribution in [0.25, 0.3) is 10.9 Å². The Balaban J connectivity index is 1.32. The van der Waals surface area contributed by atoms with Gasteiger partial charge in [-0.2, -0.15) is 5.26 Å². The molecule has 7 heteroatoms. The normalized spacial score (nSPS) is 18.9. The molecule has 0 unspecified atom stereocenters. The summed E-state index contributed by atoms with van der Waals surface area (Å²) in [5.41, 5.74) is 1.54. The fraction of sp³-hybridized carbons (Fsp3) is 0.364. The number of aryl methyl sites for hydroxylation is 1. The molecule has 29 heavy (non-hydrogen) atoms. The van der Waals surface area contributed by atoms with Gasteiger partial charge in [-0.15, -0.1) is 0 Å². The number of rotatable bonds is 5. The van der Waals surface area contributed by atoms with Gasteiger partial charge in [0, 0.05) is 24.2 Å². The van der Waals surface area contributed by atoms with Crippen molar-refractivity contribution < 1.29 is 14.1 Å². The minimum atomic E-state index is -0.197. The lowest BCUT2D eigenvalue weighted by Crippen LogP contribution is -2.33. The van der Waals surface area contributed by atoms with Crippen molar-refractivity contribution >= 4 is 16.8 Å². The lowest BCUT2D eigenvalue weighted by molar-refractivity contribution is 0.0920.